The van der Waals surface area contributed by atoms with Gasteiger partial charge in [0.05, 0.1) is 12.7 Å². The van der Waals surface area contributed by atoms with Crippen LogP contribution in [0.15, 0.2) is 24.3 Å². The second kappa shape index (κ2) is 4.45. The average Bonchev–Trinajstić information content (AvgIpc) is 2.69. The lowest BCUT2D eigenvalue weighted by molar-refractivity contribution is 0.0601. The van der Waals surface area contributed by atoms with Crippen molar-refractivity contribution in [2.24, 2.45) is 0 Å². The SMILES string of the molecule is COC(=O)c1ccc(N2CCN(C)C2=O)cc1. The van der Waals surface area contributed by atoms with Crippen LogP contribution in [-0.2, 0) is 4.74 Å². The number of rotatable bonds is 2. The first kappa shape index (κ1) is 11.4. The van der Waals surface area contributed by atoms with E-state index >= 15 is 0 Å². The number of amides is 2. The number of likely N-dealkylation sites (N-methyl/N-ethyl adjacent to an activating group) is 1. The maximum atomic E-state index is 11.7. The highest BCUT2D eigenvalue weighted by molar-refractivity contribution is 5.95. The van der Waals surface area contributed by atoms with Gasteiger partial charge in [-0.15, -0.1) is 0 Å². The predicted octanol–water partition coefficient (Wildman–Crippen LogP) is 1.35. The van der Waals surface area contributed by atoms with Crippen molar-refractivity contribution in [2.75, 3.05) is 32.1 Å². The molecule has 5 heteroatoms. The highest BCUT2D eigenvalue weighted by Gasteiger charge is 2.26. The molecule has 0 spiro atoms. The van der Waals surface area contributed by atoms with Crippen LogP contribution >= 0.6 is 0 Å². The molecule has 17 heavy (non-hydrogen) atoms. The molecule has 1 aliphatic rings. The zero-order valence-electron chi connectivity index (χ0n) is 9.84. The fourth-order valence-corrected chi connectivity index (χ4v) is 1.78. The molecule has 1 heterocycles. The molecule has 2 rings (SSSR count). The van der Waals surface area contributed by atoms with E-state index in [1.165, 1.54) is 7.11 Å². The molecule has 1 aromatic carbocycles. The summed E-state index contributed by atoms with van der Waals surface area (Å²) in [4.78, 5) is 26.3. The molecule has 0 bridgehead atoms. The van der Waals surface area contributed by atoms with Gasteiger partial charge in [-0.05, 0) is 24.3 Å². The number of carbonyl (C=O) groups excluding carboxylic acids is 2. The molecule has 90 valence electrons. The van der Waals surface area contributed by atoms with Crippen molar-refractivity contribution in [1.82, 2.24) is 4.90 Å². The molecule has 0 aromatic heterocycles. The molecule has 1 aliphatic heterocycles. The summed E-state index contributed by atoms with van der Waals surface area (Å²) in [5.74, 6) is -0.374. The number of methoxy groups -OCH3 is 1. The monoisotopic (exact) mass is 234 g/mol. The number of nitrogens with zero attached hydrogens (tertiary/aromatic N) is 2. The van der Waals surface area contributed by atoms with Crippen LogP contribution in [0.25, 0.3) is 0 Å². The Labute approximate surface area is 99.6 Å². The molecule has 0 radical (unpaired) electrons. The Kier molecular flexibility index (Phi) is 2.99. The fourth-order valence-electron chi connectivity index (χ4n) is 1.78. The molecular formula is C12H14N2O3. The van der Waals surface area contributed by atoms with Gasteiger partial charge in [0.25, 0.3) is 0 Å². The molecule has 0 aliphatic carbocycles. The average molecular weight is 234 g/mol. The van der Waals surface area contributed by atoms with Gasteiger partial charge in [-0.25, -0.2) is 9.59 Å². The smallest absolute Gasteiger partial charge is 0.337 e. The first-order valence-electron chi connectivity index (χ1n) is 5.34. The van der Waals surface area contributed by atoms with Crippen LogP contribution in [0.1, 0.15) is 10.4 Å². The Morgan fingerprint density at radius 2 is 1.88 bits per heavy atom. The topological polar surface area (TPSA) is 49.9 Å². The van der Waals surface area contributed by atoms with E-state index < -0.39 is 0 Å². The number of urea groups is 1. The second-order valence-corrected chi connectivity index (χ2v) is 3.89. The standard InChI is InChI=1S/C12H14N2O3/c1-13-7-8-14(12(13)16)10-5-3-9(4-6-10)11(15)17-2/h3-6H,7-8H2,1-2H3. The van der Waals surface area contributed by atoms with Crippen LogP contribution in [0.3, 0.4) is 0 Å². The number of esters is 1. The summed E-state index contributed by atoms with van der Waals surface area (Å²) in [7, 11) is 3.11. The molecule has 5 nitrogen and oxygen atoms in total. The maximum Gasteiger partial charge on any atom is 0.337 e. The minimum Gasteiger partial charge on any atom is -0.465 e. The third-order valence-electron chi connectivity index (χ3n) is 2.82. The van der Waals surface area contributed by atoms with Crippen LogP contribution in [0.5, 0.6) is 0 Å². The van der Waals surface area contributed by atoms with Gasteiger partial charge < -0.3 is 9.64 Å². The predicted molar refractivity (Wildman–Crippen MR) is 63.2 cm³/mol. The van der Waals surface area contributed by atoms with E-state index in [-0.39, 0.29) is 12.0 Å². The molecule has 1 aromatic rings. The number of benzene rings is 1. The lowest BCUT2D eigenvalue weighted by Crippen LogP contribution is -2.29. The zero-order valence-corrected chi connectivity index (χ0v) is 9.84. The minimum atomic E-state index is -0.374. The number of anilines is 1. The molecule has 0 atom stereocenters. The summed E-state index contributed by atoms with van der Waals surface area (Å²) < 4.78 is 4.61. The first-order chi connectivity index (χ1) is 8.13. The van der Waals surface area contributed by atoms with Gasteiger partial charge in [-0.3, -0.25) is 4.90 Å². The maximum absolute atomic E-state index is 11.7. The molecule has 1 saturated heterocycles. The first-order valence-corrected chi connectivity index (χ1v) is 5.34. The van der Waals surface area contributed by atoms with Crippen LogP contribution in [-0.4, -0.2) is 44.1 Å². The molecule has 0 saturated carbocycles. The molecule has 0 unspecified atom stereocenters. The Morgan fingerprint density at radius 3 is 2.35 bits per heavy atom. The van der Waals surface area contributed by atoms with Gasteiger partial charge in [-0.2, -0.15) is 0 Å². The van der Waals surface area contributed by atoms with Crippen molar-refractivity contribution >= 4 is 17.7 Å². The largest absolute Gasteiger partial charge is 0.465 e. The highest BCUT2D eigenvalue weighted by atomic mass is 16.5. The Hall–Kier alpha value is -2.04. The number of ether oxygens (including phenoxy) is 1. The Morgan fingerprint density at radius 1 is 1.24 bits per heavy atom. The van der Waals surface area contributed by atoms with E-state index in [1.807, 2.05) is 0 Å². The summed E-state index contributed by atoms with van der Waals surface area (Å²) in [6, 6.07) is 6.81. The lowest BCUT2D eigenvalue weighted by atomic mass is 10.2. The van der Waals surface area contributed by atoms with Crippen LogP contribution in [0, 0.1) is 0 Å². The van der Waals surface area contributed by atoms with E-state index in [9.17, 15) is 9.59 Å². The summed E-state index contributed by atoms with van der Waals surface area (Å²) >= 11 is 0. The van der Waals surface area contributed by atoms with Gasteiger partial charge in [0.2, 0.25) is 0 Å². The van der Waals surface area contributed by atoms with Gasteiger partial charge in [0.15, 0.2) is 0 Å². The summed E-state index contributed by atoms with van der Waals surface area (Å²) in [5, 5.41) is 0. The van der Waals surface area contributed by atoms with E-state index in [2.05, 4.69) is 4.74 Å². The summed E-state index contributed by atoms with van der Waals surface area (Å²) in [6.45, 7) is 1.39. The quantitative estimate of drug-likeness (QED) is 0.726. The van der Waals surface area contributed by atoms with Crippen molar-refractivity contribution in [2.45, 2.75) is 0 Å². The van der Waals surface area contributed by atoms with E-state index in [0.29, 0.717) is 12.1 Å². The third kappa shape index (κ3) is 2.08. The zero-order chi connectivity index (χ0) is 12.4. The molecule has 1 fully saturated rings. The Balaban J connectivity index is 2.19. The molecule has 2 amide bonds. The van der Waals surface area contributed by atoms with Gasteiger partial charge in [-0.1, -0.05) is 0 Å². The molecule has 0 N–H and O–H groups in total. The van der Waals surface area contributed by atoms with Crippen molar-refractivity contribution in [3.05, 3.63) is 29.8 Å². The Bertz CT molecular complexity index is 442. The van der Waals surface area contributed by atoms with Crippen molar-refractivity contribution in [1.29, 1.82) is 0 Å². The summed E-state index contributed by atoms with van der Waals surface area (Å²) in [5.41, 5.74) is 1.28. The lowest BCUT2D eigenvalue weighted by Gasteiger charge is -2.16. The number of hydrogen-bond donors (Lipinski definition) is 0. The number of carbonyl (C=O) groups is 2. The second-order valence-electron chi connectivity index (χ2n) is 3.89. The van der Waals surface area contributed by atoms with E-state index in [0.717, 1.165) is 12.2 Å². The van der Waals surface area contributed by atoms with Crippen LogP contribution in [0.4, 0.5) is 10.5 Å². The fraction of sp³-hybridized carbons (Fsp3) is 0.333. The van der Waals surface area contributed by atoms with Gasteiger partial charge in [0, 0.05) is 25.8 Å². The minimum absolute atomic E-state index is 0.0178. The highest BCUT2D eigenvalue weighted by Crippen LogP contribution is 2.20. The third-order valence-corrected chi connectivity index (χ3v) is 2.82. The normalized spacial score (nSPS) is 15.3. The van der Waals surface area contributed by atoms with Crippen molar-refractivity contribution < 1.29 is 14.3 Å². The van der Waals surface area contributed by atoms with E-state index in [4.69, 9.17) is 0 Å². The van der Waals surface area contributed by atoms with Crippen LogP contribution in [0.2, 0.25) is 0 Å². The number of hydrogen-bond acceptors (Lipinski definition) is 3. The van der Waals surface area contributed by atoms with Crippen LogP contribution < -0.4 is 4.90 Å². The van der Waals surface area contributed by atoms with Crippen molar-refractivity contribution in [3.8, 4) is 0 Å². The molecular weight excluding hydrogens is 220 g/mol. The summed E-state index contributed by atoms with van der Waals surface area (Å²) in [6.07, 6.45) is 0. The van der Waals surface area contributed by atoms with Crippen molar-refractivity contribution in [3.63, 3.8) is 0 Å². The van der Waals surface area contributed by atoms with Gasteiger partial charge >= 0.3 is 12.0 Å². The van der Waals surface area contributed by atoms with E-state index in [1.54, 1.807) is 41.1 Å². The van der Waals surface area contributed by atoms with Gasteiger partial charge in [0.1, 0.15) is 0 Å².